The standard InChI is InChI=1S/C16H25BrN2O3/c1-11-13(18-10-14-12(17)7-9-21-14)6-5-8-19(11)15(20)22-16(2,3)4/h7,9,11,13,18H,5-6,8,10H2,1-4H3. The molecule has 2 atom stereocenters. The van der Waals surface area contributed by atoms with Crippen LogP contribution < -0.4 is 5.32 Å². The number of hydrogen-bond acceptors (Lipinski definition) is 4. The number of carbonyl (C=O) groups is 1. The molecule has 0 spiro atoms. The summed E-state index contributed by atoms with van der Waals surface area (Å²) in [4.78, 5) is 14.1. The monoisotopic (exact) mass is 372 g/mol. The molecule has 1 aliphatic heterocycles. The zero-order valence-corrected chi connectivity index (χ0v) is 15.3. The van der Waals surface area contributed by atoms with E-state index >= 15 is 0 Å². The van der Waals surface area contributed by atoms with Gasteiger partial charge in [-0.1, -0.05) is 0 Å². The van der Waals surface area contributed by atoms with Gasteiger partial charge in [0.05, 0.1) is 17.3 Å². The van der Waals surface area contributed by atoms with Gasteiger partial charge in [0, 0.05) is 18.6 Å². The summed E-state index contributed by atoms with van der Waals surface area (Å²) in [7, 11) is 0. The molecule has 1 N–H and O–H groups in total. The predicted molar refractivity (Wildman–Crippen MR) is 88.7 cm³/mol. The van der Waals surface area contributed by atoms with Gasteiger partial charge in [-0.05, 0) is 62.5 Å². The molecule has 2 unspecified atom stereocenters. The molecule has 124 valence electrons. The Morgan fingerprint density at radius 2 is 2.27 bits per heavy atom. The van der Waals surface area contributed by atoms with Crippen molar-refractivity contribution in [1.82, 2.24) is 10.2 Å². The van der Waals surface area contributed by atoms with E-state index in [9.17, 15) is 4.79 Å². The first-order valence-electron chi connectivity index (χ1n) is 7.73. The fourth-order valence-electron chi connectivity index (χ4n) is 2.67. The number of nitrogens with zero attached hydrogens (tertiary/aromatic N) is 1. The number of carbonyl (C=O) groups excluding carboxylic acids is 1. The molecule has 0 aliphatic carbocycles. The SMILES string of the molecule is CC1C(NCc2occc2Br)CCCN1C(=O)OC(C)(C)C. The van der Waals surface area contributed by atoms with Crippen molar-refractivity contribution in [2.45, 2.75) is 64.8 Å². The topological polar surface area (TPSA) is 54.7 Å². The normalized spacial score (nSPS) is 22.7. The Morgan fingerprint density at radius 3 is 2.86 bits per heavy atom. The fraction of sp³-hybridized carbons (Fsp3) is 0.688. The van der Waals surface area contributed by atoms with E-state index in [0.717, 1.165) is 29.6 Å². The summed E-state index contributed by atoms with van der Waals surface area (Å²) in [6, 6.07) is 2.21. The van der Waals surface area contributed by atoms with Gasteiger partial charge >= 0.3 is 6.09 Å². The highest BCUT2D eigenvalue weighted by Crippen LogP contribution is 2.22. The summed E-state index contributed by atoms with van der Waals surface area (Å²) in [5.41, 5.74) is -0.462. The maximum Gasteiger partial charge on any atom is 0.410 e. The van der Waals surface area contributed by atoms with E-state index in [1.54, 1.807) is 6.26 Å². The zero-order valence-electron chi connectivity index (χ0n) is 13.7. The van der Waals surface area contributed by atoms with Gasteiger partial charge in [-0.2, -0.15) is 0 Å². The van der Waals surface area contributed by atoms with Crippen molar-refractivity contribution in [3.05, 3.63) is 22.6 Å². The summed E-state index contributed by atoms with van der Waals surface area (Å²) >= 11 is 3.46. The molecule has 2 heterocycles. The number of amides is 1. The first kappa shape index (κ1) is 17.3. The lowest BCUT2D eigenvalue weighted by Gasteiger charge is -2.40. The van der Waals surface area contributed by atoms with E-state index in [4.69, 9.17) is 9.15 Å². The van der Waals surface area contributed by atoms with Crippen molar-refractivity contribution < 1.29 is 13.9 Å². The summed E-state index contributed by atoms with van der Waals surface area (Å²) in [5, 5.41) is 3.49. The van der Waals surface area contributed by atoms with Gasteiger partial charge in [-0.15, -0.1) is 0 Å². The van der Waals surface area contributed by atoms with Crippen LogP contribution in [0, 0.1) is 0 Å². The smallest absolute Gasteiger partial charge is 0.410 e. The van der Waals surface area contributed by atoms with Gasteiger partial charge in [0.25, 0.3) is 0 Å². The zero-order chi connectivity index (χ0) is 16.3. The predicted octanol–water partition coefficient (Wildman–Crippen LogP) is 3.92. The molecule has 1 fully saturated rings. The highest BCUT2D eigenvalue weighted by molar-refractivity contribution is 9.10. The second kappa shape index (κ2) is 7.04. The molecule has 1 aromatic heterocycles. The third kappa shape index (κ3) is 4.49. The number of likely N-dealkylation sites (tertiary alicyclic amines) is 1. The maximum atomic E-state index is 12.3. The summed E-state index contributed by atoms with van der Waals surface area (Å²) < 4.78 is 11.9. The molecule has 22 heavy (non-hydrogen) atoms. The quantitative estimate of drug-likeness (QED) is 0.873. The van der Waals surface area contributed by atoms with Crippen LogP contribution in [-0.2, 0) is 11.3 Å². The molecule has 0 radical (unpaired) electrons. The Hall–Kier alpha value is -1.01. The number of halogens is 1. The number of hydrogen-bond donors (Lipinski definition) is 1. The van der Waals surface area contributed by atoms with Crippen LogP contribution in [0.3, 0.4) is 0 Å². The highest BCUT2D eigenvalue weighted by atomic mass is 79.9. The molecule has 6 heteroatoms. The van der Waals surface area contributed by atoms with Crippen LogP contribution in [0.4, 0.5) is 4.79 Å². The molecular weight excluding hydrogens is 348 g/mol. The van der Waals surface area contributed by atoms with E-state index in [1.165, 1.54) is 0 Å². The van der Waals surface area contributed by atoms with Gasteiger partial charge in [-0.25, -0.2) is 4.79 Å². The van der Waals surface area contributed by atoms with Crippen molar-refractivity contribution in [2.75, 3.05) is 6.54 Å². The van der Waals surface area contributed by atoms with Crippen LogP contribution in [-0.4, -0.2) is 35.2 Å². The van der Waals surface area contributed by atoms with Crippen LogP contribution >= 0.6 is 15.9 Å². The van der Waals surface area contributed by atoms with Crippen molar-refractivity contribution >= 4 is 22.0 Å². The number of nitrogens with one attached hydrogen (secondary N) is 1. The largest absolute Gasteiger partial charge is 0.467 e. The van der Waals surface area contributed by atoms with Crippen LogP contribution in [0.1, 0.15) is 46.3 Å². The molecule has 0 aromatic carbocycles. The van der Waals surface area contributed by atoms with Crippen molar-refractivity contribution in [3.8, 4) is 0 Å². The summed E-state index contributed by atoms with van der Waals surface area (Å²) in [6.07, 6.45) is 3.45. The van der Waals surface area contributed by atoms with Gasteiger partial charge in [0.1, 0.15) is 11.4 Å². The second-order valence-corrected chi connectivity index (χ2v) is 7.59. The van der Waals surface area contributed by atoms with E-state index in [-0.39, 0.29) is 18.2 Å². The Kier molecular flexibility index (Phi) is 5.55. The second-order valence-electron chi connectivity index (χ2n) is 6.74. The minimum atomic E-state index is -0.462. The summed E-state index contributed by atoms with van der Waals surface area (Å²) in [5.74, 6) is 0.876. The third-order valence-corrected chi connectivity index (χ3v) is 4.54. The van der Waals surface area contributed by atoms with Crippen molar-refractivity contribution in [1.29, 1.82) is 0 Å². The lowest BCUT2D eigenvalue weighted by atomic mass is 9.98. The molecule has 0 saturated carbocycles. The first-order valence-corrected chi connectivity index (χ1v) is 8.52. The van der Waals surface area contributed by atoms with Crippen LogP contribution in [0.15, 0.2) is 21.2 Å². The number of ether oxygens (including phenoxy) is 1. The average molecular weight is 373 g/mol. The van der Waals surface area contributed by atoms with Crippen LogP contribution in [0.25, 0.3) is 0 Å². The minimum Gasteiger partial charge on any atom is -0.467 e. The molecule has 2 rings (SSSR count). The van der Waals surface area contributed by atoms with Gasteiger partial charge in [-0.3, -0.25) is 0 Å². The molecular formula is C16H25BrN2O3. The van der Waals surface area contributed by atoms with Gasteiger partial charge in [0.15, 0.2) is 0 Å². The lowest BCUT2D eigenvalue weighted by Crippen LogP contribution is -2.55. The molecule has 0 bridgehead atoms. The molecule has 1 amide bonds. The minimum absolute atomic E-state index is 0.0948. The summed E-state index contributed by atoms with van der Waals surface area (Å²) in [6.45, 7) is 9.14. The van der Waals surface area contributed by atoms with E-state index in [1.807, 2.05) is 31.7 Å². The fourth-order valence-corrected chi connectivity index (χ4v) is 3.01. The third-order valence-electron chi connectivity index (χ3n) is 3.83. The number of furan rings is 1. The van der Waals surface area contributed by atoms with Crippen molar-refractivity contribution in [2.24, 2.45) is 0 Å². The highest BCUT2D eigenvalue weighted by Gasteiger charge is 2.33. The Bertz CT molecular complexity index is 510. The molecule has 5 nitrogen and oxygen atoms in total. The Morgan fingerprint density at radius 1 is 1.55 bits per heavy atom. The number of rotatable bonds is 3. The van der Waals surface area contributed by atoms with E-state index in [0.29, 0.717) is 6.54 Å². The molecule has 1 aliphatic rings. The molecule has 1 aromatic rings. The average Bonchev–Trinajstić information content (AvgIpc) is 2.81. The van der Waals surface area contributed by atoms with Crippen LogP contribution in [0.5, 0.6) is 0 Å². The van der Waals surface area contributed by atoms with Gasteiger partial charge < -0.3 is 19.4 Å². The van der Waals surface area contributed by atoms with Gasteiger partial charge in [0.2, 0.25) is 0 Å². The Balaban J connectivity index is 1.93. The molecule has 1 saturated heterocycles. The van der Waals surface area contributed by atoms with E-state index < -0.39 is 5.60 Å². The lowest BCUT2D eigenvalue weighted by molar-refractivity contribution is 0.00690. The first-order chi connectivity index (χ1) is 10.3. The van der Waals surface area contributed by atoms with Crippen LogP contribution in [0.2, 0.25) is 0 Å². The van der Waals surface area contributed by atoms with E-state index in [2.05, 4.69) is 28.2 Å². The van der Waals surface area contributed by atoms with Crippen molar-refractivity contribution in [3.63, 3.8) is 0 Å². The number of piperidine rings is 1. The Labute approximate surface area is 140 Å². The maximum absolute atomic E-state index is 12.3.